The molecule has 0 spiro atoms. The molecule has 0 aliphatic carbocycles. The molecular formula is C22H22Cl2N6O. The van der Waals surface area contributed by atoms with E-state index in [9.17, 15) is 4.79 Å². The molecule has 0 saturated carbocycles. The van der Waals surface area contributed by atoms with Gasteiger partial charge in [-0.1, -0.05) is 47.5 Å². The lowest BCUT2D eigenvalue weighted by molar-refractivity contribution is -0.122. The van der Waals surface area contributed by atoms with Gasteiger partial charge < -0.3 is 0 Å². The maximum absolute atomic E-state index is 12.5. The van der Waals surface area contributed by atoms with Crippen molar-refractivity contribution in [2.45, 2.75) is 32.4 Å². The van der Waals surface area contributed by atoms with Crippen LogP contribution in [0, 0.1) is 13.8 Å². The zero-order valence-corrected chi connectivity index (χ0v) is 18.6. The summed E-state index contributed by atoms with van der Waals surface area (Å²) in [6, 6.07) is 14.7. The predicted octanol–water partition coefficient (Wildman–Crippen LogP) is 3.85. The van der Waals surface area contributed by atoms with Crippen LogP contribution in [0.25, 0.3) is 5.69 Å². The van der Waals surface area contributed by atoms with Crippen LogP contribution in [-0.4, -0.2) is 27.9 Å². The number of nitrogens with zero attached hydrogens (tertiary/aromatic N) is 3. The Morgan fingerprint density at radius 1 is 1.19 bits per heavy atom. The van der Waals surface area contributed by atoms with Crippen LogP contribution >= 0.6 is 23.2 Å². The first kappa shape index (κ1) is 21.5. The van der Waals surface area contributed by atoms with Crippen LogP contribution in [-0.2, 0) is 4.79 Å². The minimum atomic E-state index is -0.442. The van der Waals surface area contributed by atoms with Crippen molar-refractivity contribution in [2.75, 3.05) is 0 Å². The number of hydrogen-bond acceptors (Lipinski definition) is 5. The Morgan fingerprint density at radius 3 is 2.71 bits per heavy atom. The van der Waals surface area contributed by atoms with Gasteiger partial charge in [-0.05, 0) is 50.1 Å². The van der Waals surface area contributed by atoms with Crippen molar-refractivity contribution < 1.29 is 4.79 Å². The van der Waals surface area contributed by atoms with E-state index in [4.69, 9.17) is 23.2 Å². The number of aryl methyl sites for hydroxylation is 1. The largest absolute Gasteiger partial charge is 0.271 e. The molecule has 9 heteroatoms. The van der Waals surface area contributed by atoms with E-state index in [-0.39, 0.29) is 11.9 Å². The molecule has 1 aliphatic heterocycles. The SMILES string of the molecule is Cc1nn(-c2ccccc2)c(C)c1/C=N/NC(=O)C1CC(c2ccc(Cl)cc2Cl)NN1. The molecule has 3 N–H and O–H groups in total. The molecule has 7 nitrogen and oxygen atoms in total. The molecule has 31 heavy (non-hydrogen) atoms. The Morgan fingerprint density at radius 2 is 1.97 bits per heavy atom. The Bertz CT molecular complexity index is 1130. The molecule has 2 unspecified atom stereocenters. The molecule has 2 atom stereocenters. The van der Waals surface area contributed by atoms with Gasteiger partial charge in [0.15, 0.2) is 0 Å². The van der Waals surface area contributed by atoms with Crippen molar-refractivity contribution in [3.8, 4) is 5.69 Å². The molecule has 4 rings (SSSR count). The first-order valence-electron chi connectivity index (χ1n) is 9.84. The number of hydrogen-bond donors (Lipinski definition) is 3. The quantitative estimate of drug-likeness (QED) is 0.402. The number of hydrazine groups is 1. The van der Waals surface area contributed by atoms with Crippen LogP contribution in [0.3, 0.4) is 0 Å². The molecule has 1 amide bonds. The van der Waals surface area contributed by atoms with E-state index in [2.05, 4.69) is 26.5 Å². The summed E-state index contributed by atoms with van der Waals surface area (Å²) in [5, 5.41) is 9.87. The van der Waals surface area contributed by atoms with Crippen molar-refractivity contribution in [3.63, 3.8) is 0 Å². The highest BCUT2D eigenvalue weighted by Crippen LogP contribution is 2.30. The number of rotatable bonds is 5. The van der Waals surface area contributed by atoms with Crippen LogP contribution in [0.2, 0.25) is 10.0 Å². The average Bonchev–Trinajstić information content (AvgIpc) is 3.35. The van der Waals surface area contributed by atoms with Gasteiger partial charge in [0.25, 0.3) is 5.91 Å². The molecule has 1 fully saturated rings. The molecule has 1 saturated heterocycles. The van der Waals surface area contributed by atoms with Crippen LogP contribution in [0.1, 0.15) is 35.0 Å². The molecule has 1 aromatic heterocycles. The van der Waals surface area contributed by atoms with Gasteiger partial charge in [0.05, 0.1) is 23.3 Å². The summed E-state index contributed by atoms with van der Waals surface area (Å²) < 4.78 is 1.86. The second kappa shape index (κ2) is 9.20. The van der Waals surface area contributed by atoms with Crippen LogP contribution in [0.5, 0.6) is 0 Å². The summed E-state index contributed by atoms with van der Waals surface area (Å²) >= 11 is 12.2. The number of halogens is 2. The Balaban J connectivity index is 1.40. The topological polar surface area (TPSA) is 83.3 Å². The molecule has 0 radical (unpaired) electrons. The lowest BCUT2D eigenvalue weighted by Crippen LogP contribution is -2.41. The molecule has 2 heterocycles. The van der Waals surface area contributed by atoms with Gasteiger partial charge in [0.1, 0.15) is 6.04 Å². The first-order valence-corrected chi connectivity index (χ1v) is 10.6. The van der Waals surface area contributed by atoms with Gasteiger partial charge in [0, 0.05) is 21.7 Å². The van der Waals surface area contributed by atoms with Crippen LogP contribution < -0.4 is 16.3 Å². The third kappa shape index (κ3) is 4.65. The summed E-state index contributed by atoms with van der Waals surface area (Å²) in [7, 11) is 0. The smallest absolute Gasteiger partial charge is 0.258 e. The highest BCUT2D eigenvalue weighted by molar-refractivity contribution is 6.35. The highest BCUT2D eigenvalue weighted by atomic mass is 35.5. The number of benzene rings is 2. The Kier molecular flexibility index (Phi) is 6.38. The van der Waals surface area contributed by atoms with Crippen LogP contribution in [0.4, 0.5) is 0 Å². The van der Waals surface area contributed by atoms with Crippen LogP contribution in [0.15, 0.2) is 53.6 Å². The predicted molar refractivity (Wildman–Crippen MR) is 123 cm³/mol. The third-order valence-electron chi connectivity index (χ3n) is 5.27. The van der Waals surface area contributed by atoms with Crippen molar-refractivity contribution in [1.29, 1.82) is 0 Å². The van der Waals surface area contributed by atoms with E-state index < -0.39 is 6.04 Å². The summed E-state index contributed by atoms with van der Waals surface area (Å²) in [5.74, 6) is -0.234. The van der Waals surface area contributed by atoms with E-state index in [0.717, 1.165) is 28.2 Å². The Hall–Kier alpha value is -2.71. The monoisotopic (exact) mass is 456 g/mol. The second-order valence-electron chi connectivity index (χ2n) is 7.36. The van der Waals surface area contributed by atoms with E-state index in [1.165, 1.54) is 0 Å². The molecule has 2 aromatic carbocycles. The number of para-hydroxylation sites is 1. The van der Waals surface area contributed by atoms with Gasteiger partial charge in [0.2, 0.25) is 0 Å². The highest BCUT2D eigenvalue weighted by Gasteiger charge is 2.31. The third-order valence-corrected chi connectivity index (χ3v) is 5.84. The molecule has 1 aliphatic rings. The fourth-order valence-electron chi connectivity index (χ4n) is 3.62. The fourth-order valence-corrected chi connectivity index (χ4v) is 4.16. The van der Waals surface area contributed by atoms with E-state index >= 15 is 0 Å². The number of amides is 1. The minimum Gasteiger partial charge on any atom is -0.271 e. The lowest BCUT2D eigenvalue weighted by atomic mass is 10.0. The van der Waals surface area contributed by atoms with E-state index in [1.54, 1.807) is 18.3 Å². The molecule has 0 bridgehead atoms. The zero-order chi connectivity index (χ0) is 22.0. The van der Waals surface area contributed by atoms with Gasteiger partial charge >= 0.3 is 0 Å². The summed E-state index contributed by atoms with van der Waals surface area (Å²) in [4.78, 5) is 12.5. The van der Waals surface area contributed by atoms with Gasteiger partial charge in [-0.2, -0.15) is 10.2 Å². The van der Waals surface area contributed by atoms with Crippen molar-refractivity contribution in [3.05, 3.63) is 81.1 Å². The fraction of sp³-hybridized carbons (Fsp3) is 0.227. The van der Waals surface area contributed by atoms with Gasteiger partial charge in [-0.3, -0.25) is 4.79 Å². The maximum atomic E-state index is 12.5. The number of nitrogens with one attached hydrogen (secondary N) is 3. The van der Waals surface area contributed by atoms with E-state index in [0.29, 0.717) is 16.5 Å². The number of carbonyl (C=O) groups is 1. The van der Waals surface area contributed by atoms with Gasteiger partial charge in [-0.15, -0.1) is 0 Å². The number of hydrazone groups is 1. The average molecular weight is 457 g/mol. The summed E-state index contributed by atoms with van der Waals surface area (Å²) in [6.07, 6.45) is 2.16. The standard InChI is InChI=1S/C22H22Cl2N6O/c1-13-18(14(2)30(29-13)16-6-4-3-5-7-16)12-25-28-22(31)21-11-20(26-27-21)17-9-8-15(23)10-19(17)24/h3-10,12,20-21,26-27H,11H2,1-2H3,(H,28,31)/b25-12+. The van der Waals surface area contributed by atoms with Crippen molar-refractivity contribution in [1.82, 2.24) is 26.1 Å². The first-order chi connectivity index (χ1) is 14.9. The van der Waals surface area contributed by atoms with Gasteiger partial charge in [-0.25, -0.2) is 21.0 Å². The molecule has 160 valence electrons. The summed E-state index contributed by atoms with van der Waals surface area (Å²) in [5.41, 5.74) is 13.2. The van der Waals surface area contributed by atoms with Crippen molar-refractivity contribution in [2.24, 2.45) is 5.10 Å². The number of carbonyl (C=O) groups excluding carboxylic acids is 1. The lowest BCUT2D eigenvalue weighted by Gasteiger charge is -2.11. The maximum Gasteiger partial charge on any atom is 0.258 e. The van der Waals surface area contributed by atoms with Crippen molar-refractivity contribution >= 4 is 35.3 Å². The number of aromatic nitrogens is 2. The minimum absolute atomic E-state index is 0.0990. The molecule has 3 aromatic rings. The second-order valence-corrected chi connectivity index (χ2v) is 8.21. The molecular weight excluding hydrogens is 435 g/mol. The normalized spacial score (nSPS) is 18.6. The Labute approximate surface area is 190 Å². The summed E-state index contributed by atoms with van der Waals surface area (Å²) in [6.45, 7) is 3.89. The van der Waals surface area contributed by atoms with E-state index in [1.807, 2.05) is 54.9 Å². The zero-order valence-electron chi connectivity index (χ0n) is 17.1.